The van der Waals surface area contributed by atoms with Gasteiger partial charge in [0.25, 0.3) is 0 Å². The Balaban J connectivity index is 1.47. The summed E-state index contributed by atoms with van der Waals surface area (Å²) in [5, 5.41) is 6.32. The molecule has 2 amide bonds. The molecule has 2 heterocycles. The number of carbonyl (C=O) groups is 1. The monoisotopic (exact) mass is 367 g/mol. The quantitative estimate of drug-likeness (QED) is 0.847. The van der Waals surface area contributed by atoms with Crippen molar-refractivity contribution in [2.45, 2.75) is 12.0 Å². The topological polar surface area (TPSA) is 63.2 Å². The van der Waals surface area contributed by atoms with Crippen LogP contribution in [0.3, 0.4) is 0 Å². The molecule has 3 atom stereocenters. The van der Waals surface area contributed by atoms with Crippen molar-refractivity contribution < 1.29 is 13.9 Å². The highest BCUT2D eigenvalue weighted by atomic mass is 35.5. The number of benzene rings is 1. The zero-order valence-electron chi connectivity index (χ0n) is 12.2. The van der Waals surface area contributed by atoms with Gasteiger partial charge in [-0.1, -0.05) is 23.2 Å². The average Bonchev–Trinajstić information content (AvgIpc) is 3.26. The van der Waals surface area contributed by atoms with Gasteiger partial charge in [-0.3, -0.25) is 5.32 Å². The van der Waals surface area contributed by atoms with E-state index in [0.29, 0.717) is 33.8 Å². The predicted molar refractivity (Wildman–Crippen MR) is 88.3 cm³/mol. The van der Waals surface area contributed by atoms with E-state index in [9.17, 15) is 9.18 Å². The van der Waals surface area contributed by atoms with Gasteiger partial charge in [0.15, 0.2) is 0 Å². The lowest BCUT2D eigenvalue weighted by molar-refractivity contribution is 0.249. The van der Waals surface area contributed by atoms with E-state index in [-0.39, 0.29) is 23.7 Å². The molecule has 0 radical (unpaired) electrons. The number of amides is 2. The highest BCUT2D eigenvalue weighted by Crippen LogP contribution is 2.56. The molecule has 124 valence electrons. The van der Waals surface area contributed by atoms with E-state index >= 15 is 0 Å². The minimum atomic E-state index is -0.409. The SMILES string of the molecule is O=C(Nc1ccc(Cl)cn1)NC1C2COc3c(Cl)ccc(F)c3C21. The van der Waals surface area contributed by atoms with Crippen LogP contribution in [0, 0.1) is 11.7 Å². The van der Waals surface area contributed by atoms with Crippen LogP contribution in [0.4, 0.5) is 15.0 Å². The van der Waals surface area contributed by atoms with Crippen LogP contribution in [-0.2, 0) is 0 Å². The van der Waals surface area contributed by atoms with Gasteiger partial charge in [-0.15, -0.1) is 0 Å². The Morgan fingerprint density at radius 3 is 2.88 bits per heavy atom. The number of rotatable bonds is 2. The number of hydrogen-bond acceptors (Lipinski definition) is 3. The van der Waals surface area contributed by atoms with Gasteiger partial charge >= 0.3 is 6.03 Å². The predicted octanol–water partition coefficient (Wildman–Crippen LogP) is 3.82. The van der Waals surface area contributed by atoms with Gasteiger partial charge in [0.1, 0.15) is 17.4 Å². The van der Waals surface area contributed by atoms with E-state index in [4.69, 9.17) is 27.9 Å². The third-order valence-electron chi connectivity index (χ3n) is 4.28. The van der Waals surface area contributed by atoms with Crippen molar-refractivity contribution in [1.29, 1.82) is 0 Å². The van der Waals surface area contributed by atoms with Crippen LogP contribution in [0.15, 0.2) is 30.5 Å². The fourth-order valence-electron chi connectivity index (χ4n) is 3.11. The summed E-state index contributed by atoms with van der Waals surface area (Å²) in [5.41, 5.74) is 0.439. The molecule has 1 aromatic carbocycles. The van der Waals surface area contributed by atoms with Crippen LogP contribution in [-0.4, -0.2) is 23.7 Å². The summed E-state index contributed by atoms with van der Waals surface area (Å²) in [7, 11) is 0. The second-order valence-corrected chi connectivity index (χ2v) is 6.60. The zero-order chi connectivity index (χ0) is 16.8. The van der Waals surface area contributed by atoms with Crippen molar-refractivity contribution in [3.63, 3.8) is 0 Å². The lowest BCUT2D eigenvalue weighted by atomic mass is 10.1. The van der Waals surface area contributed by atoms with Crippen LogP contribution in [0.5, 0.6) is 5.75 Å². The number of nitrogens with zero attached hydrogens (tertiary/aromatic N) is 1. The van der Waals surface area contributed by atoms with Gasteiger partial charge in [-0.25, -0.2) is 14.2 Å². The molecule has 0 spiro atoms. The molecule has 5 nitrogen and oxygen atoms in total. The molecule has 1 aromatic heterocycles. The second-order valence-electron chi connectivity index (χ2n) is 5.76. The van der Waals surface area contributed by atoms with Crippen molar-refractivity contribution in [3.05, 3.63) is 51.9 Å². The van der Waals surface area contributed by atoms with Crippen LogP contribution in [0.1, 0.15) is 11.5 Å². The van der Waals surface area contributed by atoms with Crippen LogP contribution in [0.2, 0.25) is 10.0 Å². The Morgan fingerprint density at radius 1 is 1.29 bits per heavy atom. The van der Waals surface area contributed by atoms with Crippen molar-refractivity contribution in [2.75, 3.05) is 11.9 Å². The number of anilines is 1. The summed E-state index contributed by atoms with van der Waals surface area (Å²) in [6.07, 6.45) is 1.44. The number of ether oxygens (including phenoxy) is 1. The molecule has 2 aliphatic rings. The van der Waals surface area contributed by atoms with E-state index in [0.717, 1.165) is 0 Å². The fourth-order valence-corrected chi connectivity index (χ4v) is 3.44. The Labute approximate surface area is 147 Å². The summed E-state index contributed by atoms with van der Waals surface area (Å²) in [5.74, 6) is 0.298. The Kier molecular flexibility index (Phi) is 3.73. The van der Waals surface area contributed by atoms with Crippen LogP contribution in [0.25, 0.3) is 0 Å². The molecule has 24 heavy (non-hydrogen) atoms. The minimum absolute atomic E-state index is 0.0365. The third kappa shape index (κ3) is 2.65. The number of nitrogens with one attached hydrogen (secondary N) is 2. The Morgan fingerprint density at radius 2 is 2.12 bits per heavy atom. The summed E-state index contributed by atoms with van der Waals surface area (Å²) in [6, 6.07) is 5.40. The number of carbonyl (C=O) groups excluding carboxylic acids is 1. The second kappa shape index (κ2) is 5.79. The molecule has 1 saturated carbocycles. The first-order chi connectivity index (χ1) is 11.5. The van der Waals surface area contributed by atoms with Gasteiger partial charge < -0.3 is 10.1 Å². The number of fused-ring (bicyclic) bond motifs is 3. The summed E-state index contributed by atoms with van der Waals surface area (Å²) >= 11 is 11.8. The number of hydrogen-bond donors (Lipinski definition) is 2. The summed E-state index contributed by atoms with van der Waals surface area (Å²) in [4.78, 5) is 16.1. The number of aromatic nitrogens is 1. The van der Waals surface area contributed by atoms with Crippen molar-refractivity contribution >= 4 is 35.1 Å². The fraction of sp³-hybridized carbons (Fsp3) is 0.250. The van der Waals surface area contributed by atoms with Crippen molar-refractivity contribution in [2.24, 2.45) is 5.92 Å². The molecule has 0 bridgehead atoms. The first-order valence-electron chi connectivity index (χ1n) is 7.34. The van der Waals surface area contributed by atoms with Gasteiger partial charge in [0, 0.05) is 29.6 Å². The van der Waals surface area contributed by atoms with E-state index < -0.39 is 6.03 Å². The molecule has 2 aromatic rings. The normalized spacial score (nSPS) is 23.5. The van der Waals surface area contributed by atoms with Gasteiger partial charge in [0.2, 0.25) is 0 Å². The Bertz CT molecular complexity index is 816. The third-order valence-corrected chi connectivity index (χ3v) is 4.80. The van der Waals surface area contributed by atoms with Gasteiger partial charge in [-0.2, -0.15) is 0 Å². The molecule has 8 heteroatoms. The largest absolute Gasteiger partial charge is 0.491 e. The standard InChI is InChI=1S/C16H12Cl2FN3O2/c17-7-1-4-11(20-5-7)21-16(23)22-14-8-6-24-15-9(18)2-3-10(19)13(15)12(8)14/h1-5,8,12,14H,6H2,(H2,20,21,22,23). The molecule has 1 aliphatic carbocycles. The molecule has 1 aliphatic heterocycles. The highest BCUT2D eigenvalue weighted by molar-refractivity contribution is 6.32. The zero-order valence-corrected chi connectivity index (χ0v) is 13.7. The summed E-state index contributed by atoms with van der Waals surface area (Å²) < 4.78 is 19.7. The molecular formula is C16H12Cl2FN3O2. The number of halogens is 3. The van der Waals surface area contributed by atoms with Crippen molar-refractivity contribution in [1.82, 2.24) is 10.3 Å². The maximum absolute atomic E-state index is 14.1. The van der Waals surface area contributed by atoms with E-state index in [2.05, 4.69) is 15.6 Å². The van der Waals surface area contributed by atoms with Crippen LogP contribution < -0.4 is 15.4 Å². The smallest absolute Gasteiger partial charge is 0.320 e. The number of urea groups is 1. The van der Waals surface area contributed by atoms with Gasteiger partial charge in [-0.05, 0) is 24.3 Å². The molecule has 0 saturated heterocycles. The van der Waals surface area contributed by atoms with E-state index in [1.807, 2.05) is 0 Å². The molecular weight excluding hydrogens is 356 g/mol. The molecule has 1 fully saturated rings. The molecule has 2 N–H and O–H groups in total. The van der Waals surface area contributed by atoms with Crippen LogP contribution >= 0.6 is 23.2 Å². The first kappa shape index (κ1) is 15.5. The minimum Gasteiger partial charge on any atom is -0.491 e. The lowest BCUT2D eigenvalue weighted by Gasteiger charge is -2.17. The molecule has 4 rings (SSSR count). The highest BCUT2D eigenvalue weighted by Gasteiger charge is 2.57. The molecule has 3 unspecified atom stereocenters. The lowest BCUT2D eigenvalue weighted by Crippen LogP contribution is -2.32. The number of pyridine rings is 1. The summed E-state index contributed by atoms with van der Waals surface area (Å²) in [6.45, 7) is 0.394. The average molecular weight is 368 g/mol. The Hall–Kier alpha value is -2.05. The maximum Gasteiger partial charge on any atom is 0.320 e. The maximum atomic E-state index is 14.1. The van der Waals surface area contributed by atoms with Crippen molar-refractivity contribution in [3.8, 4) is 5.75 Å². The van der Waals surface area contributed by atoms with Gasteiger partial charge in [0.05, 0.1) is 16.7 Å². The van der Waals surface area contributed by atoms with E-state index in [1.165, 1.54) is 18.3 Å². The van der Waals surface area contributed by atoms with E-state index in [1.54, 1.807) is 12.1 Å². The first-order valence-corrected chi connectivity index (χ1v) is 8.10.